The Balaban J connectivity index is 1.56. The van der Waals surface area contributed by atoms with Gasteiger partial charge in [0.1, 0.15) is 11.4 Å². The van der Waals surface area contributed by atoms with Crippen LogP contribution >= 0.6 is 11.6 Å². The number of aliphatic imine (C=N–C) groups is 1. The van der Waals surface area contributed by atoms with Crippen LogP contribution in [0, 0.1) is 0 Å². The number of carboxylic acid groups (broad SMARTS) is 1. The molecule has 8 nitrogen and oxygen atoms in total. The average molecular weight is 448 g/mol. The largest absolute Gasteiger partial charge is 0.478 e. The van der Waals surface area contributed by atoms with E-state index in [-0.39, 0.29) is 42.3 Å². The molecule has 2 aromatic rings. The average Bonchev–Trinajstić information content (AvgIpc) is 3.04. The van der Waals surface area contributed by atoms with Crippen LogP contribution in [0.2, 0.25) is 5.02 Å². The third-order valence-corrected chi connectivity index (χ3v) is 7.48. The Bertz CT molecular complexity index is 1170. The molecule has 4 rings (SSSR count). The molecule has 2 aromatic carbocycles. The van der Waals surface area contributed by atoms with Crippen molar-refractivity contribution >= 4 is 39.3 Å². The summed E-state index contributed by atoms with van der Waals surface area (Å²) in [7, 11) is -3.73. The number of halogens is 1. The lowest BCUT2D eigenvalue weighted by Gasteiger charge is -2.34. The number of carbonyl (C=O) groups excluding carboxylic acids is 1. The maximum Gasteiger partial charge on any atom is 0.335 e. The second-order valence-corrected chi connectivity index (χ2v) is 9.57. The molecule has 0 radical (unpaired) electrons. The Labute approximate surface area is 178 Å². The molecule has 0 bridgehead atoms. The van der Waals surface area contributed by atoms with E-state index < -0.39 is 21.5 Å². The molecule has 2 aliphatic heterocycles. The summed E-state index contributed by atoms with van der Waals surface area (Å²) < 4.78 is 27.1. The van der Waals surface area contributed by atoms with Gasteiger partial charge in [-0.05, 0) is 43.2 Å². The standard InChI is InChI=1S/C20H18ClN3O5S/c21-15-5-2-6-16(12-15)30(28,29)24-9-7-20(8-10-24)19(27)22-17(23-20)13-3-1-4-14(11-13)18(25)26/h1-6,11-12H,7-10H2,(H,25,26)(H,22,23,27). The molecule has 10 heteroatoms. The second-order valence-electron chi connectivity index (χ2n) is 7.19. The summed E-state index contributed by atoms with van der Waals surface area (Å²) in [6, 6.07) is 12.2. The minimum Gasteiger partial charge on any atom is -0.478 e. The highest BCUT2D eigenvalue weighted by atomic mass is 35.5. The molecule has 1 spiro atoms. The lowest BCUT2D eigenvalue weighted by molar-refractivity contribution is -0.124. The van der Waals surface area contributed by atoms with Crippen LogP contribution < -0.4 is 5.32 Å². The van der Waals surface area contributed by atoms with Gasteiger partial charge in [0, 0.05) is 23.7 Å². The molecule has 0 saturated carbocycles. The lowest BCUT2D eigenvalue weighted by Crippen LogP contribution is -2.50. The summed E-state index contributed by atoms with van der Waals surface area (Å²) in [5, 5.41) is 12.2. The molecule has 1 fully saturated rings. The maximum absolute atomic E-state index is 12.9. The second kappa shape index (κ2) is 7.50. The summed E-state index contributed by atoms with van der Waals surface area (Å²) in [5.41, 5.74) is -0.475. The van der Waals surface area contributed by atoms with Gasteiger partial charge in [-0.25, -0.2) is 13.2 Å². The number of carboxylic acids is 1. The maximum atomic E-state index is 12.9. The molecule has 0 atom stereocenters. The highest BCUT2D eigenvalue weighted by molar-refractivity contribution is 7.89. The molecule has 0 unspecified atom stereocenters. The first-order chi connectivity index (χ1) is 14.2. The van der Waals surface area contributed by atoms with Crippen LogP contribution in [0.3, 0.4) is 0 Å². The fourth-order valence-corrected chi connectivity index (χ4v) is 5.41. The Morgan fingerprint density at radius 3 is 2.50 bits per heavy atom. The molecule has 0 aliphatic carbocycles. The van der Waals surface area contributed by atoms with Gasteiger partial charge < -0.3 is 10.4 Å². The number of nitrogens with zero attached hydrogens (tertiary/aromatic N) is 2. The topological polar surface area (TPSA) is 116 Å². The van der Waals surface area contributed by atoms with E-state index in [9.17, 15) is 18.0 Å². The van der Waals surface area contributed by atoms with Gasteiger partial charge in [0.15, 0.2) is 0 Å². The zero-order valence-electron chi connectivity index (χ0n) is 15.7. The SMILES string of the molecule is O=C(O)c1cccc(C2=NC3(CCN(S(=O)(=O)c4cccc(Cl)c4)CC3)C(=O)N2)c1. The first kappa shape index (κ1) is 20.5. The van der Waals surface area contributed by atoms with Gasteiger partial charge in [0.05, 0.1) is 10.5 Å². The zero-order valence-corrected chi connectivity index (χ0v) is 17.3. The van der Waals surface area contributed by atoms with Crippen LogP contribution in [-0.4, -0.2) is 54.2 Å². The lowest BCUT2D eigenvalue weighted by atomic mass is 9.89. The molecule has 156 valence electrons. The van der Waals surface area contributed by atoms with E-state index in [0.717, 1.165) is 0 Å². The molecular formula is C20H18ClN3O5S. The number of nitrogens with one attached hydrogen (secondary N) is 1. The summed E-state index contributed by atoms with van der Waals surface area (Å²) in [6.07, 6.45) is 0.446. The van der Waals surface area contributed by atoms with E-state index >= 15 is 0 Å². The molecule has 2 aliphatic rings. The minimum atomic E-state index is -3.73. The quantitative estimate of drug-likeness (QED) is 0.744. The number of amides is 1. The normalized spacial score (nSPS) is 18.8. The van der Waals surface area contributed by atoms with Gasteiger partial charge in [-0.15, -0.1) is 0 Å². The Kier molecular flexibility index (Phi) is 5.13. The monoisotopic (exact) mass is 447 g/mol. The van der Waals surface area contributed by atoms with E-state index in [0.29, 0.717) is 16.4 Å². The van der Waals surface area contributed by atoms with Crippen LogP contribution in [0.15, 0.2) is 58.4 Å². The molecule has 2 N–H and O–H groups in total. The van der Waals surface area contributed by atoms with Gasteiger partial charge in [0.25, 0.3) is 5.91 Å². The predicted octanol–water partition coefficient (Wildman–Crippen LogP) is 2.14. The Hall–Kier alpha value is -2.75. The van der Waals surface area contributed by atoms with Crippen molar-refractivity contribution < 1.29 is 23.1 Å². The number of hydrogen-bond donors (Lipinski definition) is 2. The van der Waals surface area contributed by atoms with Crippen molar-refractivity contribution in [1.82, 2.24) is 9.62 Å². The smallest absolute Gasteiger partial charge is 0.335 e. The number of piperidine rings is 1. The summed E-state index contributed by atoms with van der Waals surface area (Å²) >= 11 is 5.92. The highest BCUT2D eigenvalue weighted by Crippen LogP contribution is 2.33. The van der Waals surface area contributed by atoms with E-state index in [4.69, 9.17) is 16.7 Å². The molecular weight excluding hydrogens is 430 g/mol. The first-order valence-corrected chi connectivity index (χ1v) is 11.0. The van der Waals surface area contributed by atoms with Gasteiger partial charge >= 0.3 is 5.97 Å². The van der Waals surface area contributed by atoms with Crippen molar-refractivity contribution in [2.75, 3.05) is 13.1 Å². The van der Waals surface area contributed by atoms with Gasteiger partial charge in [-0.3, -0.25) is 9.79 Å². The number of rotatable bonds is 4. The third kappa shape index (κ3) is 3.60. The van der Waals surface area contributed by atoms with Gasteiger partial charge in [0.2, 0.25) is 10.0 Å². The molecule has 0 aromatic heterocycles. The van der Waals surface area contributed by atoms with Crippen molar-refractivity contribution in [2.45, 2.75) is 23.3 Å². The van der Waals surface area contributed by atoms with Crippen LogP contribution in [0.1, 0.15) is 28.8 Å². The molecule has 1 amide bonds. The van der Waals surface area contributed by atoms with Crippen LogP contribution in [0.25, 0.3) is 0 Å². The van der Waals surface area contributed by atoms with Crippen LogP contribution in [0.5, 0.6) is 0 Å². The van der Waals surface area contributed by atoms with Crippen molar-refractivity contribution in [3.63, 3.8) is 0 Å². The number of amidine groups is 1. The van der Waals surface area contributed by atoms with Crippen molar-refractivity contribution in [2.24, 2.45) is 4.99 Å². The minimum absolute atomic E-state index is 0.0906. The fourth-order valence-electron chi connectivity index (χ4n) is 3.66. The molecule has 30 heavy (non-hydrogen) atoms. The van der Waals surface area contributed by atoms with E-state index in [1.54, 1.807) is 24.3 Å². The first-order valence-electron chi connectivity index (χ1n) is 9.22. The number of sulfonamides is 1. The summed E-state index contributed by atoms with van der Waals surface area (Å²) in [6.45, 7) is 0.266. The van der Waals surface area contributed by atoms with Gasteiger partial charge in [-0.2, -0.15) is 4.31 Å². The summed E-state index contributed by atoms with van der Waals surface area (Å²) in [5.74, 6) is -1.08. The molecule has 1 saturated heterocycles. The van der Waals surface area contributed by atoms with E-state index in [1.807, 2.05) is 0 Å². The number of benzene rings is 2. The highest BCUT2D eigenvalue weighted by Gasteiger charge is 2.47. The Morgan fingerprint density at radius 2 is 1.83 bits per heavy atom. The van der Waals surface area contributed by atoms with Crippen LogP contribution in [0.4, 0.5) is 0 Å². The number of aromatic carboxylic acids is 1. The number of carbonyl (C=O) groups is 2. The van der Waals surface area contributed by atoms with Gasteiger partial charge in [-0.1, -0.05) is 29.8 Å². The zero-order chi connectivity index (χ0) is 21.5. The van der Waals surface area contributed by atoms with Crippen LogP contribution in [-0.2, 0) is 14.8 Å². The molecule has 2 heterocycles. The van der Waals surface area contributed by atoms with E-state index in [2.05, 4.69) is 10.3 Å². The predicted molar refractivity (Wildman–Crippen MR) is 110 cm³/mol. The summed E-state index contributed by atoms with van der Waals surface area (Å²) in [4.78, 5) is 28.6. The van der Waals surface area contributed by atoms with E-state index in [1.165, 1.54) is 28.6 Å². The number of hydrogen-bond acceptors (Lipinski definition) is 5. The Morgan fingerprint density at radius 1 is 1.13 bits per heavy atom. The fraction of sp³-hybridized carbons (Fsp3) is 0.250. The van der Waals surface area contributed by atoms with Crippen molar-refractivity contribution in [1.29, 1.82) is 0 Å². The third-order valence-electron chi connectivity index (χ3n) is 5.35. The van der Waals surface area contributed by atoms with Crippen molar-refractivity contribution in [3.05, 3.63) is 64.7 Å². The van der Waals surface area contributed by atoms with Crippen molar-refractivity contribution in [3.8, 4) is 0 Å².